The second-order valence-corrected chi connectivity index (χ2v) is 6.23. The molecule has 1 aromatic carbocycles. The third-order valence-corrected chi connectivity index (χ3v) is 4.62. The van der Waals surface area contributed by atoms with Crippen molar-refractivity contribution < 1.29 is 9.53 Å². The summed E-state index contributed by atoms with van der Waals surface area (Å²) in [4.78, 5) is 16.6. The van der Waals surface area contributed by atoms with E-state index in [-0.39, 0.29) is 5.91 Å². The van der Waals surface area contributed by atoms with Gasteiger partial charge in [0.15, 0.2) is 0 Å². The number of amides is 1. The number of ether oxygens (including phenoxy) is 1. The monoisotopic (exact) mass is 317 g/mol. The zero-order chi connectivity index (χ0) is 15.9. The van der Waals surface area contributed by atoms with E-state index < -0.39 is 0 Å². The van der Waals surface area contributed by atoms with Crippen LogP contribution in [0.15, 0.2) is 24.3 Å². The first-order chi connectivity index (χ1) is 11.3. The average molecular weight is 317 g/mol. The van der Waals surface area contributed by atoms with E-state index in [2.05, 4.69) is 28.4 Å². The van der Waals surface area contributed by atoms with Crippen molar-refractivity contribution >= 4 is 17.3 Å². The smallest absolute Gasteiger partial charge is 0.224 e. The molecular formula is C18H27N3O2. The van der Waals surface area contributed by atoms with Gasteiger partial charge in [0.1, 0.15) is 0 Å². The van der Waals surface area contributed by atoms with Gasteiger partial charge in [-0.05, 0) is 31.4 Å². The summed E-state index contributed by atoms with van der Waals surface area (Å²) in [6.07, 6.45) is 4.13. The zero-order valence-corrected chi connectivity index (χ0v) is 13.8. The first-order valence-corrected chi connectivity index (χ1v) is 8.78. The molecular weight excluding hydrogens is 290 g/mol. The molecule has 126 valence electrons. The third kappa shape index (κ3) is 4.38. The lowest BCUT2D eigenvalue weighted by atomic mass is 10.1. The van der Waals surface area contributed by atoms with E-state index in [9.17, 15) is 4.79 Å². The van der Waals surface area contributed by atoms with E-state index >= 15 is 0 Å². The van der Waals surface area contributed by atoms with Crippen LogP contribution in [0.25, 0.3) is 0 Å². The quantitative estimate of drug-likeness (QED) is 0.905. The Morgan fingerprint density at radius 1 is 1.04 bits per heavy atom. The van der Waals surface area contributed by atoms with Gasteiger partial charge in [0.05, 0.1) is 24.6 Å². The molecule has 3 rings (SSSR count). The minimum atomic E-state index is 0.279. The van der Waals surface area contributed by atoms with Gasteiger partial charge < -0.3 is 19.9 Å². The number of benzene rings is 1. The molecule has 5 nitrogen and oxygen atoms in total. The topological polar surface area (TPSA) is 44.8 Å². The van der Waals surface area contributed by atoms with Crippen molar-refractivity contribution in [3.63, 3.8) is 0 Å². The molecule has 0 aliphatic carbocycles. The number of nitrogens with zero attached hydrogens (tertiary/aromatic N) is 2. The molecule has 2 fully saturated rings. The molecule has 2 saturated heterocycles. The van der Waals surface area contributed by atoms with Crippen molar-refractivity contribution in [3.8, 4) is 0 Å². The van der Waals surface area contributed by atoms with E-state index in [4.69, 9.17) is 4.74 Å². The number of likely N-dealkylation sites (tertiary alicyclic amines) is 1. The summed E-state index contributed by atoms with van der Waals surface area (Å²) in [5.41, 5.74) is 2.32. The van der Waals surface area contributed by atoms with Crippen molar-refractivity contribution in [1.82, 2.24) is 4.90 Å². The number of hydrogen-bond acceptors (Lipinski definition) is 4. The normalized spacial score (nSPS) is 18.8. The molecule has 1 amide bonds. The van der Waals surface area contributed by atoms with Gasteiger partial charge >= 0.3 is 0 Å². The van der Waals surface area contributed by atoms with E-state index in [0.717, 1.165) is 57.9 Å². The summed E-state index contributed by atoms with van der Waals surface area (Å²) in [5.74, 6) is 0.279. The molecule has 2 heterocycles. The van der Waals surface area contributed by atoms with Crippen LogP contribution in [0.4, 0.5) is 11.4 Å². The van der Waals surface area contributed by atoms with Crippen molar-refractivity contribution in [2.24, 2.45) is 0 Å². The van der Waals surface area contributed by atoms with E-state index in [1.807, 2.05) is 11.0 Å². The molecule has 1 N–H and O–H groups in total. The molecule has 0 spiro atoms. The molecule has 0 bridgehead atoms. The van der Waals surface area contributed by atoms with Crippen molar-refractivity contribution in [3.05, 3.63) is 24.3 Å². The molecule has 0 radical (unpaired) electrons. The number of carbonyl (C=O) groups is 1. The van der Waals surface area contributed by atoms with Gasteiger partial charge in [0.2, 0.25) is 5.91 Å². The Balaban J connectivity index is 1.52. The second-order valence-electron chi connectivity index (χ2n) is 6.23. The maximum absolute atomic E-state index is 12.2. The third-order valence-electron chi connectivity index (χ3n) is 4.62. The Hall–Kier alpha value is -1.75. The number of hydrogen-bond donors (Lipinski definition) is 1. The molecule has 0 unspecified atom stereocenters. The van der Waals surface area contributed by atoms with Crippen molar-refractivity contribution in [1.29, 1.82) is 0 Å². The number of nitrogens with one attached hydrogen (secondary N) is 1. The van der Waals surface area contributed by atoms with Gasteiger partial charge in [-0.25, -0.2) is 0 Å². The first kappa shape index (κ1) is 16.1. The van der Waals surface area contributed by atoms with Gasteiger partial charge in [0, 0.05) is 39.1 Å². The lowest BCUT2D eigenvalue weighted by Gasteiger charge is -2.31. The molecule has 0 aromatic heterocycles. The Morgan fingerprint density at radius 2 is 1.78 bits per heavy atom. The highest BCUT2D eigenvalue weighted by atomic mass is 16.5. The maximum Gasteiger partial charge on any atom is 0.224 e. The maximum atomic E-state index is 12.2. The number of morpholine rings is 1. The zero-order valence-electron chi connectivity index (χ0n) is 13.8. The van der Waals surface area contributed by atoms with Crippen molar-refractivity contribution in [2.45, 2.75) is 25.7 Å². The molecule has 2 aliphatic heterocycles. The fourth-order valence-corrected chi connectivity index (χ4v) is 3.31. The summed E-state index contributed by atoms with van der Waals surface area (Å²) in [6.45, 7) is 5.96. The summed E-state index contributed by atoms with van der Waals surface area (Å²) < 4.78 is 5.43. The molecule has 2 aliphatic rings. The number of para-hydroxylation sites is 2. The number of piperidine rings is 1. The Bertz CT molecular complexity index is 509. The average Bonchev–Trinajstić information content (AvgIpc) is 2.63. The summed E-state index contributed by atoms with van der Waals surface area (Å²) in [7, 11) is 0. The van der Waals surface area contributed by atoms with Gasteiger partial charge in [-0.15, -0.1) is 0 Å². The van der Waals surface area contributed by atoms with E-state index in [0.29, 0.717) is 13.0 Å². The number of anilines is 2. The van der Waals surface area contributed by atoms with E-state index in [1.54, 1.807) is 0 Å². The van der Waals surface area contributed by atoms with Crippen LogP contribution in [0, 0.1) is 0 Å². The van der Waals surface area contributed by atoms with Gasteiger partial charge in [-0.1, -0.05) is 12.1 Å². The van der Waals surface area contributed by atoms with Crippen LogP contribution in [0.3, 0.4) is 0 Å². The molecule has 1 aromatic rings. The van der Waals surface area contributed by atoms with Gasteiger partial charge in [-0.3, -0.25) is 4.79 Å². The second kappa shape index (κ2) is 8.20. The number of rotatable bonds is 5. The van der Waals surface area contributed by atoms with Crippen LogP contribution in [0.5, 0.6) is 0 Å². The van der Waals surface area contributed by atoms with Gasteiger partial charge in [0.25, 0.3) is 0 Å². The fourth-order valence-electron chi connectivity index (χ4n) is 3.31. The van der Waals surface area contributed by atoms with Crippen LogP contribution in [-0.4, -0.2) is 56.7 Å². The minimum absolute atomic E-state index is 0.279. The highest BCUT2D eigenvalue weighted by molar-refractivity contribution is 5.77. The predicted octanol–water partition coefficient (Wildman–Crippen LogP) is 2.34. The Morgan fingerprint density at radius 3 is 2.57 bits per heavy atom. The van der Waals surface area contributed by atoms with Gasteiger partial charge in [-0.2, -0.15) is 0 Å². The molecule has 5 heteroatoms. The summed E-state index contributed by atoms with van der Waals surface area (Å²) in [5, 5.41) is 3.45. The summed E-state index contributed by atoms with van der Waals surface area (Å²) >= 11 is 0. The van der Waals surface area contributed by atoms with E-state index in [1.165, 1.54) is 12.1 Å². The largest absolute Gasteiger partial charge is 0.383 e. The Labute approximate surface area is 138 Å². The minimum Gasteiger partial charge on any atom is -0.383 e. The predicted molar refractivity (Wildman–Crippen MR) is 93.0 cm³/mol. The van der Waals surface area contributed by atoms with Crippen LogP contribution in [-0.2, 0) is 9.53 Å². The molecule has 0 saturated carbocycles. The first-order valence-electron chi connectivity index (χ1n) is 8.78. The number of carbonyl (C=O) groups excluding carboxylic acids is 1. The lowest BCUT2D eigenvalue weighted by molar-refractivity contribution is -0.131. The SMILES string of the molecule is O=C(CCNc1ccccc1N1CCOCC1)N1CCCCC1. The van der Waals surface area contributed by atoms with Crippen molar-refractivity contribution in [2.75, 3.05) is 56.2 Å². The van der Waals surface area contributed by atoms with Crippen LogP contribution < -0.4 is 10.2 Å². The fraction of sp³-hybridized carbons (Fsp3) is 0.611. The Kier molecular flexibility index (Phi) is 5.75. The van der Waals surface area contributed by atoms with Crippen LogP contribution in [0.2, 0.25) is 0 Å². The molecule has 23 heavy (non-hydrogen) atoms. The molecule has 0 atom stereocenters. The summed E-state index contributed by atoms with van der Waals surface area (Å²) in [6, 6.07) is 8.34. The van der Waals surface area contributed by atoms with Crippen LogP contribution >= 0.6 is 0 Å². The lowest BCUT2D eigenvalue weighted by Crippen LogP contribution is -2.37. The standard InChI is InChI=1S/C18H27N3O2/c22-18(21-10-4-1-5-11-21)8-9-19-16-6-2-3-7-17(16)20-12-14-23-15-13-20/h2-3,6-7,19H,1,4-5,8-15H2. The highest BCUT2D eigenvalue weighted by Crippen LogP contribution is 2.26. The van der Waals surface area contributed by atoms with Crippen LogP contribution in [0.1, 0.15) is 25.7 Å². The highest BCUT2D eigenvalue weighted by Gasteiger charge is 2.17.